The molecule has 0 bridgehead atoms. The van der Waals surface area contributed by atoms with E-state index in [0.717, 1.165) is 6.42 Å². The van der Waals surface area contributed by atoms with Gasteiger partial charge in [0, 0.05) is 10.9 Å². The third-order valence-corrected chi connectivity index (χ3v) is 4.29. The Balaban J connectivity index is 2.33. The Morgan fingerprint density at radius 2 is 2.00 bits per heavy atom. The number of aromatic amines is 1. The molecule has 17 heavy (non-hydrogen) atoms. The molecule has 1 nitrogen and oxygen atoms in total. The fourth-order valence-electron chi connectivity index (χ4n) is 2.39. The van der Waals surface area contributed by atoms with Crippen LogP contribution < -0.4 is 0 Å². The summed E-state index contributed by atoms with van der Waals surface area (Å²) >= 11 is 1.82. The molecule has 0 spiro atoms. The highest BCUT2D eigenvalue weighted by Crippen LogP contribution is 2.35. The number of aromatic nitrogens is 1. The van der Waals surface area contributed by atoms with E-state index < -0.39 is 0 Å². The van der Waals surface area contributed by atoms with Crippen LogP contribution in [0.2, 0.25) is 0 Å². The lowest BCUT2D eigenvalue weighted by Gasteiger charge is -2.00. The van der Waals surface area contributed by atoms with Crippen molar-refractivity contribution in [1.82, 2.24) is 4.98 Å². The molecule has 1 aromatic carbocycles. The number of fused-ring (bicyclic) bond motifs is 1. The molecule has 0 saturated heterocycles. The average Bonchev–Trinajstić information content (AvgIpc) is 2.91. The molecule has 1 N–H and O–H groups in total. The predicted octanol–water partition coefficient (Wildman–Crippen LogP) is 4.77. The van der Waals surface area contributed by atoms with Gasteiger partial charge in [0.15, 0.2) is 0 Å². The zero-order valence-electron chi connectivity index (χ0n) is 10.1. The molecule has 0 radical (unpaired) electrons. The van der Waals surface area contributed by atoms with Crippen LogP contribution in [0.4, 0.5) is 0 Å². The molecule has 0 aliphatic heterocycles. The number of hydrogen-bond donors (Lipinski definition) is 1. The molecule has 0 amide bonds. The van der Waals surface area contributed by atoms with Gasteiger partial charge in [-0.25, -0.2) is 0 Å². The lowest BCUT2D eigenvalue weighted by atomic mass is 10.1. The molecule has 0 saturated carbocycles. The predicted molar refractivity (Wildman–Crippen MR) is 75.7 cm³/mol. The van der Waals surface area contributed by atoms with Gasteiger partial charge in [0.25, 0.3) is 0 Å². The Labute approximate surface area is 105 Å². The van der Waals surface area contributed by atoms with Gasteiger partial charge in [0.1, 0.15) is 0 Å². The fourth-order valence-corrected chi connectivity index (χ4v) is 3.34. The molecule has 3 rings (SSSR count). The number of aryl methyl sites for hydroxylation is 2. The van der Waals surface area contributed by atoms with E-state index in [0.29, 0.717) is 0 Å². The lowest BCUT2D eigenvalue weighted by Crippen LogP contribution is -1.83. The van der Waals surface area contributed by atoms with Crippen LogP contribution in [0.25, 0.3) is 21.5 Å². The first-order valence-electron chi connectivity index (χ1n) is 5.95. The van der Waals surface area contributed by atoms with Gasteiger partial charge in [-0.1, -0.05) is 25.1 Å². The molecule has 0 fully saturated rings. The van der Waals surface area contributed by atoms with Crippen LogP contribution in [0, 0.1) is 6.92 Å². The maximum Gasteiger partial charge on any atom is 0.0601 e. The summed E-state index contributed by atoms with van der Waals surface area (Å²) in [4.78, 5) is 4.94. The largest absolute Gasteiger partial charge is 0.354 e. The average molecular weight is 241 g/mol. The summed E-state index contributed by atoms with van der Waals surface area (Å²) in [6, 6.07) is 10.7. The van der Waals surface area contributed by atoms with E-state index in [-0.39, 0.29) is 0 Å². The van der Waals surface area contributed by atoms with E-state index >= 15 is 0 Å². The molecular formula is C15H15NS. The minimum atomic E-state index is 1.07. The van der Waals surface area contributed by atoms with Crippen LogP contribution in [0.1, 0.15) is 18.1 Å². The summed E-state index contributed by atoms with van der Waals surface area (Å²) in [5.41, 5.74) is 5.34. The highest BCUT2D eigenvalue weighted by atomic mass is 32.1. The Morgan fingerprint density at radius 3 is 2.71 bits per heavy atom. The smallest absolute Gasteiger partial charge is 0.0601 e. The molecule has 2 aromatic heterocycles. The molecule has 86 valence electrons. The SMILES string of the molecule is CCc1c(-c2sccc2C)[nH]c2ccccc12. The molecule has 0 aliphatic carbocycles. The molecule has 0 atom stereocenters. The zero-order valence-corrected chi connectivity index (χ0v) is 10.9. The van der Waals surface area contributed by atoms with Crippen LogP contribution in [0.15, 0.2) is 35.7 Å². The van der Waals surface area contributed by atoms with E-state index in [9.17, 15) is 0 Å². The second kappa shape index (κ2) is 4.04. The minimum Gasteiger partial charge on any atom is -0.354 e. The number of para-hydroxylation sites is 1. The third-order valence-electron chi connectivity index (χ3n) is 3.26. The summed E-state index contributed by atoms with van der Waals surface area (Å²) < 4.78 is 0. The van der Waals surface area contributed by atoms with Crippen molar-refractivity contribution in [2.45, 2.75) is 20.3 Å². The summed E-state index contributed by atoms with van der Waals surface area (Å²) in [6.07, 6.45) is 1.07. The second-order valence-electron chi connectivity index (χ2n) is 4.31. The monoisotopic (exact) mass is 241 g/mol. The first kappa shape index (κ1) is 10.6. The van der Waals surface area contributed by atoms with Crippen LogP contribution >= 0.6 is 11.3 Å². The van der Waals surface area contributed by atoms with Crippen molar-refractivity contribution in [2.75, 3.05) is 0 Å². The van der Waals surface area contributed by atoms with Crippen LogP contribution in [0.5, 0.6) is 0 Å². The molecule has 3 aromatic rings. The van der Waals surface area contributed by atoms with Crippen molar-refractivity contribution in [3.63, 3.8) is 0 Å². The van der Waals surface area contributed by atoms with Crippen LogP contribution in [0.3, 0.4) is 0 Å². The van der Waals surface area contributed by atoms with Crippen LogP contribution in [-0.2, 0) is 6.42 Å². The van der Waals surface area contributed by atoms with Crippen molar-refractivity contribution < 1.29 is 0 Å². The summed E-state index contributed by atoms with van der Waals surface area (Å²) in [6.45, 7) is 4.40. The molecular weight excluding hydrogens is 226 g/mol. The standard InChI is InChI=1S/C15H15NS/c1-3-11-12-6-4-5-7-13(12)16-14(11)15-10(2)8-9-17-15/h4-9,16H,3H2,1-2H3. The number of thiophene rings is 1. The van der Waals surface area contributed by atoms with Gasteiger partial charge >= 0.3 is 0 Å². The normalized spacial score (nSPS) is 11.2. The second-order valence-corrected chi connectivity index (χ2v) is 5.23. The minimum absolute atomic E-state index is 1.07. The van der Waals surface area contributed by atoms with Crippen molar-refractivity contribution in [1.29, 1.82) is 0 Å². The van der Waals surface area contributed by atoms with Gasteiger partial charge < -0.3 is 4.98 Å². The summed E-state index contributed by atoms with van der Waals surface area (Å²) in [5.74, 6) is 0. The van der Waals surface area contributed by atoms with E-state index in [1.165, 1.54) is 32.6 Å². The van der Waals surface area contributed by atoms with E-state index in [2.05, 4.69) is 54.5 Å². The topological polar surface area (TPSA) is 15.8 Å². The summed E-state index contributed by atoms with van der Waals surface area (Å²) in [7, 11) is 0. The molecule has 0 unspecified atom stereocenters. The molecule has 2 heteroatoms. The van der Waals surface area contributed by atoms with Crippen molar-refractivity contribution in [3.05, 3.63) is 46.8 Å². The fraction of sp³-hybridized carbons (Fsp3) is 0.200. The molecule has 2 heterocycles. The highest BCUT2D eigenvalue weighted by molar-refractivity contribution is 7.13. The number of rotatable bonds is 2. The quantitative estimate of drug-likeness (QED) is 0.665. The van der Waals surface area contributed by atoms with Gasteiger partial charge in [-0.05, 0) is 42.0 Å². The zero-order chi connectivity index (χ0) is 11.8. The number of nitrogens with one attached hydrogen (secondary N) is 1. The van der Waals surface area contributed by atoms with Crippen molar-refractivity contribution in [2.24, 2.45) is 0 Å². The van der Waals surface area contributed by atoms with Crippen LogP contribution in [-0.4, -0.2) is 4.98 Å². The number of hydrogen-bond acceptors (Lipinski definition) is 1. The van der Waals surface area contributed by atoms with E-state index in [4.69, 9.17) is 0 Å². The maximum absolute atomic E-state index is 3.57. The third kappa shape index (κ3) is 1.60. The van der Waals surface area contributed by atoms with Gasteiger partial charge in [-0.2, -0.15) is 0 Å². The van der Waals surface area contributed by atoms with E-state index in [1.807, 2.05) is 11.3 Å². The van der Waals surface area contributed by atoms with Crippen molar-refractivity contribution >= 4 is 22.2 Å². The Hall–Kier alpha value is -1.54. The highest BCUT2D eigenvalue weighted by Gasteiger charge is 2.13. The number of H-pyrrole nitrogens is 1. The molecule has 0 aliphatic rings. The van der Waals surface area contributed by atoms with Gasteiger partial charge in [-0.3, -0.25) is 0 Å². The first-order valence-corrected chi connectivity index (χ1v) is 6.83. The van der Waals surface area contributed by atoms with Crippen molar-refractivity contribution in [3.8, 4) is 10.6 Å². The van der Waals surface area contributed by atoms with E-state index in [1.54, 1.807) is 0 Å². The Morgan fingerprint density at radius 1 is 1.18 bits per heavy atom. The lowest BCUT2D eigenvalue weighted by molar-refractivity contribution is 1.16. The summed E-state index contributed by atoms with van der Waals surface area (Å²) in [5, 5.41) is 3.52. The number of benzene rings is 1. The maximum atomic E-state index is 3.57. The van der Waals surface area contributed by atoms with Gasteiger partial charge in [0.2, 0.25) is 0 Å². The van der Waals surface area contributed by atoms with Gasteiger partial charge in [-0.15, -0.1) is 11.3 Å². The first-order chi connectivity index (χ1) is 8.31. The Kier molecular flexibility index (Phi) is 2.52. The Bertz CT molecular complexity index is 660. The van der Waals surface area contributed by atoms with Gasteiger partial charge in [0.05, 0.1) is 10.6 Å².